The van der Waals surface area contributed by atoms with Crippen LogP contribution in [0.3, 0.4) is 0 Å². The number of amides is 1. The van der Waals surface area contributed by atoms with Crippen molar-refractivity contribution < 1.29 is 9.53 Å². The summed E-state index contributed by atoms with van der Waals surface area (Å²) in [5.41, 5.74) is 5.57. The van der Waals surface area contributed by atoms with Crippen LogP contribution in [0.1, 0.15) is 25.7 Å². The first-order chi connectivity index (χ1) is 9.69. The summed E-state index contributed by atoms with van der Waals surface area (Å²) in [4.78, 5) is 21.9. The maximum Gasteiger partial charge on any atom is 0.225 e. The molecule has 0 saturated carbocycles. The summed E-state index contributed by atoms with van der Waals surface area (Å²) < 4.78 is 5.01. The average Bonchev–Trinajstić information content (AvgIpc) is 2.47. The maximum absolute atomic E-state index is 12.0. The van der Waals surface area contributed by atoms with Crippen LogP contribution < -0.4 is 15.8 Å². The molecule has 0 aliphatic carbocycles. The van der Waals surface area contributed by atoms with Crippen LogP contribution in [0.5, 0.6) is 5.88 Å². The van der Waals surface area contributed by atoms with Crippen LogP contribution in [0, 0.1) is 0 Å². The molecule has 7 nitrogen and oxygen atoms in total. The molecule has 0 aromatic carbocycles. The number of hydrogen-bond acceptors (Lipinski definition) is 6. The molecule has 7 heteroatoms. The highest BCUT2D eigenvalue weighted by molar-refractivity contribution is 5.76. The molecule has 1 fully saturated rings. The van der Waals surface area contributed by atoms with E-state index >= 15 is 0 Å². The van der Waals surface area contributed by atoms with Crippen LogP contribution in [0.15, 0.2) is 6.07 Å². The number of carbonyl (C=O) groups is 1. The summed E-state index contributed by atoms with van der Waals surface area (Å²) in [6.45, 7) is 2.29. The van der Waals surface area contributed by atoms with E-state index in [4.69, 9.17) is 10.5 Å². The van der Waals surface area contributed by atoms with E-state index in [9.17, 15) is 4.79 Å². The summed E-state index contributed by atoms with van der Waals surface area (Å²) in [5, 5.41) is 3.07. The van der Waals surface area contributed by atoms with Gasteiger partial charge in [0.2, 0.25) is 17.7 Å². The lowest BCUT2D eigenvalue weighted by Crippen LogP contribution is -2.36. The number of hydrogen-bond donors (Lipinski definition) is 2. The minimum absolute atomic E-state index is 0.147. The van der Waals surface area contributed by atoms with Gasteiger partial charge in [0.05, 0.1) is 7.11 Å². The molecule has 0 atom stereocenters. The van der Waals surface area contributed by atoms with Gasteiger partial charge in [0.15, 0.2) is 0 Å². The zero-order chi connectivity index (χ0) is 14.4. The van der Waals surface area contributed by atoms with E-state index < -0.39 is 0 Å². The van der Waals surface area contributed by atoms with Crippen molar-refractivity contribution in [2.24, 2.45) is 0 Å². The molecule has 2 heterocycles. The molecule has 3 N–H and O–H groups in total. The van der Waals surface area contributed by atoms with Gasteiger partial charge in [0, 0.05) is 32.1 Å². The Labute approximate surface area is 118 Å². The SMILES string of the molecule is COc1cc(NCCC(=O)N2CCCCC2)nc(N)n1. The third-order valence-corrected chi connectivity index (χ3v) is 3.28. The van der Waals surface area contributed by atoms with Crippen molar-refractivity contribution in [1.29, 1.82) is 0 Å². The smallest absolute Gasteiger partial charge is 0.225 e. The number of carbonyl (C=O) groups excluding carboxylic acids is 1. The van der Waals surface area contributed by atoms with E-state index in [0.717, 1.165) is 25.9 Å². The second-order valence-electron chi connectivity index (χ2n) is 4.77. The molecule has 20 heavy (non-hydrogen) atoms. The van der Waals surface area contributed by atoms with Crippen molar-refractivity contribution in [2.75, 3.05) is 37.8 Å². The maximum atomic E-state index is 12.0. The number of nitrogens with one attached hydrogen (secondary N) is 1. The monoisotopic (exact) mass is 279 g/mol. The third-order valence-electron chi connectivity index (χ3n) is 3.28. The van der Waals surface area contributed by atoms with Crippen LogP contribution >= 0.6 is 0 Å². The zero-order valence-corrected chi connectivity index (χ0v) is 11.8. The topological polar surface area (TPSA) is 93.4 Å². The van der Waals surface area contributed by atoms with Gasteiger partial charge in [-0.15, -0.1) is 0 Å². The molecule has 1 amide bonds. The van der Waals surface area contributed by atoms with Gasteiger partial charge in [-0.1, -0.05) is 0 Å². The van der Waals surface area contributed by atoms with Crippen LogP contribution in [0.2, 0.25) is 0 Å². The fraction of sp³-hybridized carbons (Fsp3) is 0.615. The van der Waals surface area contributed by atoms with E-state index in [1.807, 2.05) is 4.90 Å². The molecule has 1 aliphatic rings. The van der Waals surface area contributed by atoms with Gasteiger partial charge in [0.25, 0.3) is 0 Å². The molecular formula is C13H21N5O2. The van der Waals surface area contributed by atoms with Gasteiger partial charge in [-0.25, -0.2) is 0 Å². The van der Waals surface area contributed by atoms with E-state index in [2.05, 4.69) is 15.3 Å². The summed E-state index contributed by atoms with van der Waals surface area (Å²) in [6, 6.07) is 1.65. The van der Waals surface area contributed by atoms with Crippen LogP contribution in [-0.2, 0) is 4.79 Å². The average molecular weight is 279 g/mol. The molecule has 1 aromatic rings. The second-order valence-corrected chi connectivity index (χ2v) is 4.77. The van der Waals surface area contributed by atoms with Gasteiger partial charge in [0.1, 0.15) is 5.82 Å². The van der Waals surface area contributed by atoms with E-state index in [1.54, 1.807) is 6.07 Å². The summed E-state index contributed by atoms with van der Waals surface area (Å²) in [6.07, 6.45) is 3.89. The Balaban J connectivity index is 1.80. The number of anilines is 2. The van der Waals surface area contributed by atoms with E-state index in [0.29, 0.717) is 24.7 Å². The Hall–Kier alpha value is -2.05. The first-order valence-electron chi connectivity index (χ1n) is 6.89. The van der Waals surface area contributed by atoms with E-state index in [1.165, 1.54) is 13.5 Å². The second kappa shape index (κ2) is 6.93. The number of ether oxygens (including phenoxy) is 1. The highest BCUT2D eigenvalue weighted by atomic mass is 16.5. The molecule has 0 unspecified atom stereocenters. The molecular weight excluding hydrogens is 258 g/mol. The highest BCUT2D eigenvalue weighted by Crippen LogP contribution is 2.14. The standard InChI is InChI=1S/C13H21N5O2/c1-20-11-9-10(16-13(14)17-11)15-6-5-12(19)18-7-3-2-4-8-18/h9H,2-8H2,1H3,(H3,14,15,16,17). The molecule has 1 saturated heterocycles. The molecule has 110 valence electrons. The summed E-state index contributed by atoms with van der Waals surface area (Å²) in [7, 11) is 1.52. The van der Waals surface area contributed by atoms with Crippen molar-refractivity contribution in [3.8, 4) is 5.88 Å². The van der Waals surface area contributed by atoms with Gasteiger partial charge in [-0.2, -0.15) is 9.97 Å². The van der Waals surface area contributed by atoms with Gasteiger partial charge >= 0.3 is 0 Å². The first kappa shape index (κ1) is 14.4. The van der Waals surface area contributed by atoms with Crippen LogP contribution in [0.25, 0.3) is 0 Å². The van der Waals surface area contributed by atoms with Gasteiger partial charge < -0.3 is 20.7 Å². The number of likely N-dealkylation sites (tertiary alicyclic amines) is 1. The predicted octanol–water partition coefficient (Wildman–Crippen LogP) is 0.882. The summed E-state index contributed by atoms with van der Waals surface area (Å²) in [5.74, 6) is 1.31. The van der Waals surface area contributed by atoms with Crippen molar-refractivity contribution >= 4 is 17.7 Å². The lowest BCUT2D eigenvalue weighted by atomic mass is 10.1. The molecule has 1 aliphatic heterocycles. The van der Waals surface area contributed by atoms with Gasteiger partial charge in [-0.05, 0) is 19.3 Å². The third kappa shape index (κ3) is 3.97. The molecule has 0 bridgehead atoms. The van der Waals surface area contributed by atoms with Crippen molar-refractivity contribution in [1.82, 2.24) is 14.9 Å². The number of rotatable bonds is 5. The number of nitrogens with two attached hydrogens (primary N) is 1. The Morgan fingerprint density at radius 2 is 2.15 bits per heavy atom. The number of nitrogen functional groups attached to an aromatic ring is 1. The lowest BCUT2D eigenvalue weighted by molar-refractivity contribution is -0.131. The number of nitrogens with zero attached hydrogens (tertiary/aromatic N) is 3. The Morgan fingerprint density at radius 3 is 2.85 bits per heavy atom. The van der Waals surface area contributed by atoms with Crippen molar-refractivity contribution in [3.63, 3.8) is 0 Å². The van der Waals surface area contributed by atoms with Crippen LogP contribution in [-0.4, -0.2) is 47.5 Å². The molecule has 0 radical (unpaired) electrons. The fourth-order valence-corrected chi connectivity index (χ4v) is 2.24. The minimum Gasteiger partial charge on any atom is -0.481 e. The number of methoxy groups -OCH3 is 1. The molecule has 2 rings (SSSR count). The normalized spacial score (nSPS) is 14.9. The van der Waals surface area contributed by atoms with Crippen molar-refractivity contribution in [2.45, 2.75) is 25.7 Å². The van der Waals surface area contributed by atoms with E-state index in [-0.39, 0.29) is 11.9 Å². The van der Waals surface area contributed by atoms with Crippen molar-refractivity contribution in [3.05, 3.63) is 6.07 Å². The fourth-order valence-electron chi connectivity index (χ4n) is 2.24. The lowest BCUT2D eigenvalue weighted by Gasteiger charge is -2.26. The zero-order valence-electron chi connectivity index (χ0n) is 11.8. The number of piperidine rings is 1. The number of aromatic nitrogens is 2. The summed E-state index contributed by atoms with van der Waals surface area (Å²) >= 11 is 0. The molecule has 0 spiro atoms. The Morgan fingerprint density at radius 1 is 1.40 bits per heavy atom. The van der Waals surface area contributed by atoms with Crippen LogP contribution in [0.4, 0.5) is 11.8 Å². The largest absolute Gasteiger partial charge is 0.481 e. The van der Waals surface area contributed by atoms with Gasteiger partial charge in [-0.3, -0.25) is 4.79 Å². The highest BCUT2D eigenvalue weighted by Gasteiger charge is 2.15. The first-order valence-corrected chi connectivity index (χ1v) is 6.89. The predicted molar refractivity (Wildman–Crippen MR) is 76.5 cm³/mol. The quantitative estimate of drug-likeness (QED) is 0.831. The Kier molecular flexibility index (Phi) is 4.97. The minimum atomic E-state index is 0.147. The Bertz CT molecular complexity index is 460. The molecule has 1 aromatic heterocycles.